The molecule has 28 heavy (non-hydrogen) atoms. The second-order valence-corrected chi connectivity index (χ2v) is 11.0. The standard InChI is InChI=1S/C23H35I3O2/c1-2-3-4-5-6-7-8-9-10-13-18(14-11-12-15-21(27)28)19-16-17-20(24)23(26)22(19)25/h16-18H,2-15H2,1H3,(H,27,28). The molecule has 0 aliphatic heterocycles. The Morgan fingerprint density at radius 2 is 1.36 bits per heavy atom. The minimum atomic E-state index is -0.672. The van der Waals surface area contributed by atoms with Crippen molar-refractivity contribution in [3.8, 4) is 0 Å². The summed E-state index contributed by atoms with van der Waals surface area (Å²) >= 11 is 7.37. The third kappa shape index (κ3) is 11.3. The number of hydrogen-bond acceptors (Lipinski definition) is 1. The number of halogens is 3. The molecule has 1 atom stereocenters. The molecule has 0 aliphatic carbocycles. The molecule has 5 heteroatoms. The van der Waals surface area contributed by atoms with E-state index in [1.807, 2.05) is 0 Å². The molecule has 0 bridgehead atoms. The first-order valence-corrected chi connectivity index (χ1v) is 14.1. The Labute approximate surface area is 212 Å². The lowest BCUT2D eigenvalue weighted by Gasteiger charge is -2.20. The highest BCUT2D eigenvalue weighted by Gasteiger charge is 2.17. The molecule has 0 radical (unpaired) electrons. The highest BCUT2D eigenvalue weighted by atomic mass is 127. The van der Waals surface area contributed by atoms with Crippen molar-refractivity contribution < 1.29 is 9.90 Å². The Morgan fingerprint density at radius 3 is 1.93 bits per heavy atom. The van der Waals surface area contributed by atoms with Gasteiger partial charge in [-0.25, -0.2) is 0 Å². The van der Waals surface area contributed by atoms with Crippen LogP contribution in [0.15, 0.2) is 12.1 Å². The van der Waals surface area contributed by atoms with Gasteiger partial charge in [0.2, 0.25) is 0 Å². The summed E-state index contributed by atoms with van der Waals surface area (Å²) in [6, 6.07) is 4.54. The molecule has 0 spiro atoms. The van der Waals surface area contributed by atoms with Crippen molar-refractivity contribution in [2.45, 2.75) is 103 Å². The Bertz CT molecular complexity index is 575. The zero-order valence-electron chi connectivity index (χ0n) is 17.1. The number of carbonyl (C=O) groups is 1. The van der Waals surface area contributed by atoms with Crippen LogP contribution in [0.5, 0.6) is 0 Å². The van der Waals surface area contributed by atoms with Gasteiger partial charge in [-0.15, -0.1) is 0 Å². The molecule has 0 aromatic heterocycles. The zero-order valence-corrected chi connectivity index (χ0v) is 23.6. The largest absolute Gasteiger partial charge is 0.481 e. The van der Waals surface area contributed by atoms with Gasteiger partial charge in [0.1, 0.15) is 0 Å². The van der Waals surface area contributed by atoms with E-state index >= 15 is 0 Å². The molecule has 0 heterocycles. The zero-order chi connectivity index (χ0) is 20.8. The van der Waals surface area contributed by atoms with E-state index in [9.17, 15) is 4.79 Å². The summed E-state index contributed by atoms with van der Waals surface area (Å²) in [4.78, 5) is 10.8. The third-order valence-corrected chi connectivity index (χ3v) is 10.6. The van der Waals surface area contributed by atoms with Crippen LogP contribution in [-0.4, -0.2) is 11.1 Å². The maximum absolute atomic E-state index is 10.8. The molecule has 0 aliphatic rings. The quantitative estimate of drug-likeness (QED) is 0.105. The Morgan fingerprint density at radius 1 is 0.821 bits per heavy atom. The first-order chi connectivity index (χ1) is 13.5. The van der Waals surface area contributed by atoms with Crippen LogP contribution in [0.2, 0.25) is 0 Å². The maximum Gasteiger partial charge on any atom is 0.303 e. The summed E-state index contributed by atoms with van der Waals surface area (Å²) in [5, 5.41) is 8.90. The van der Waals surface area contributed by atoms with Gasteiger partial charge in [-0.3, -0.25) is 4.79 Å². The Kier molecular flexibility index (Phi) is 15.9. The summed E-state index contributed by atoms with van der Waals surface area (Å²) in [5.74, 6) is -0.107. The highest BCUT2D eigenvalue weighted by Crippen LogP contribution is 2.35. The average molecular weight is 724 g/mol. The van der Waals surface area contributed by atoms with Gasteiger partial charge in [-0.1, -0.05) is 77.2 Å². The van der Waals surface area contributed by atoms with Crippen molar-refractivity contribution in [2.24, 2.45) is 0 Å². The summed E-state index contributed by atoms with van der Waals surface area (Å²) in [6.07, 6.45) is 16.7. The van der Waals surface area contributed by atoms with E-state index < -0.39 is 5.97 Å². The number of aliphatic carboxylic acids is 1. The number of hydrogen-bond donors (Lipinski definition) is 1. The van der Waals surface area contributed by atoms with Crippen LogP contribution in [-0.2, 0) is 4.79 Å². The van der Waals surface area contributed by atoms with Gasteiger partial charge in [0.25, 0.3) is 0 Å². The van der Waals surface area contributed by atoms with E-state index in [1.54, 1.807) is 0 Å². The monoisotopic (exact) mass is 724 g/mol. The molecule has 1 rings (SSSR count). The molecule has 1 N–H and O–H groups in total. The molecule has 0 amide bonds. The van der Waals surface area contributed by atoms with Gasteiger partial charge in [0.15, 0.2) is 0 Å². The number of carboxylic acids is 1. The van der Waals surface area contributed by atoms with E-state index in [-0.39, 0.29) is 0 Å². The predicted octanol–water partition coefficient (Wildman–Crippen LogP) is 9.15. The molecule has 1 aromatic rings. The number of carboxylic acid groups (broad SMARTS) is 1. The van der Waals surface area contributed by atoms with Gasteiger partial charge in [-0.05, 0) is 105 Å². The van der Waals surface area contributed by atoms with Crippen LogP contribution >= 0.6 is 67.8 Å². The third-order valence-electron chi connectivity index (χ3n) is 5.35. The number of unbranched alkanes of at least 4 members (excludes halogenated alkanes) is 9. The first kappa shape index (κ1) is 26.9. The van der Waals surface area contributed by atoms with Gasteiger partial charge < -0.3 is 5.11 Å². The minimum Gasteiger partial charge on any atom is -0.481 e. The second kappa shape index (κ2) is 16.6. The van der Waals surface area contributed by atoms with Crippen molar-refractivity contribution in [3.05, 3.63) is 28.4 Å². The molecular formula is C23H35I3O2. The van der Waals surface area contributed by atoms with E-state index in [4.69, 9.17) is 5.11 Å². The molecule has 0 fully saturated rings. The van der Waals surface area contributed by atoms with Crippen LogP contribution < -0.4 is 0 Å². The highest BCUT2D eigenvalue weighted by molar-refractivity contribution is 14.1. The normalized spacial score (nSPS) is 12.3. The fourth-order valence-electron chi connectivity index (χ4n) is 3.68. The lowest BCUT2D eigenvalue weighted by molar-refractivity contribution is -0.137. The van der Waals surface area contributed by atoms with Gasteiger partial charge in [0.05, 0.1) is 0 Å². The average Bonchev–Trinajstić information content (AvgIpc) is 2.67. The lowest BCUT2D eigenvalue weighted by Crippen LogP contribution is -2.05. The van der Waals surface area contributed by atoms with E-state index in [1.165, 1.54) is 80.5 Å². The van der Waals surface area contributed by atoms with E-state index in [0.29, 0.717) is 12.3 Å². The van der Waals surface area contributed by atoms with Crippen molar-refractivity contribution in [1.29, 1.82) is 0 Å². The van der Waals surface area contributed by atoms with Crippen molar-refractivity contribution >= 4 is 73.7 Å². The topological polar surface area (TPSA) is 37.3 Å². The van der Waals surface area contributed by atoms with Crippen molar-refractivity contribution in [3.63, 3.8) is 0 Å². The number of rotatable bonds is 16. The Balaban J connectivity index is 2.48. The van der Waals surface area contributed by atoms with Gasteiger partial charge in [-0.2, -0.15) is 0 Å². The predicted molar refractivity (Wildman–Crippen MR) is 145 cm³/mol. The van der Waals surface area contributed by atoms with Crippen molar-refractivity contribution in [2.75, 3.05) is 0 Å². The smallest absolute Gasteiger partial charge is 0.303 e. The molecule has 1 aromatic carbocycles. The van der Waals surface area contributed by atoms with Crippen LogP contribution in [0, 0.1) is 10.7 Å². The summed E-state index contributed by atoms with van der Waals surface area (Å²) in [6.45, 7) is 2.27. The summed E-state index contributed by atoms with van der Waals surface area (Å²) in [5.41, 5.74) is 1.47. The van der Waals surface area contributed by atoms with E-state index in [2.05, 4.69) is 86.8 Å². The molecular weight excluding hydrogens is 689 g/mol. The van der Waals surface area contributed by atoms with Gasteiger partial charge >= 0.3 is 5.97 Å². The molecule has 2 nitrogen and oxygen atoms in total. The van der Waals surface area contributed by atoms with Gasteiger partial charge in [0, 0.05) is 17.1 Å². The van der Waals surface area contributed by atoms with Crippen molar-refractivity contribution in [1.82, 2.24) is 0 Å². The SMILES string of the molecule is CCCCCCCCCCCC(CCCCC(=O)O)c1ccc(I)c(I)c1I. The first-order valence-electron chi connectivity index (χ1n) is 10.8. The van der Waals surface area contributed by atoms with Crippen LogP contribution in [0.1, 0.15) is 108 Å². The molecule has 0 saturated heterocycles. The maximum atomic E-state index is 10.8. The molecule has 1 unspecified atom stereocenters. The van der Waals surface area contributed by atoms with Crippen LogP contribution in [0.4, 0.5) is 0 Å². The molecule has 160 valence electrons. The van der Waals surface area contributed by atoms with E-state index in [0.717, 1.165) is 19.3 Å². The summed E-state index contributed by atoms with van der Waals surface area (Å²) < 4.78 is 4.07. The Hall–Kier alpha value is 0.880. The lowest BCUT2D eigenvalue weighted by atomic mass is 9.88. The fraction of sp³-hybridized carbons (Fsp3) is 0.696. The number of benzene rings is 1. The second-order valence-electron chi connectivity index (χ2n) is 7.72. The summed E-state index contributed by atoms with van der Waals surface area (Å²) in [7, 11) is 0. The molecule has 0 saturated carbocycles. The fourth-order valence-corrected chi connectivity index (χ4v) is 6.05. The minimum absolute atomic E-state index is 0.298. The van der Waals surface area contributed by atoms with Crippen LogP contribution in [0.3, 0.4) is 0 Å². The van der Waals surface area contributed by atoms with Crippen LogP contribution in [0.25, 0.3) is 0 Å².